The molecule has 0 aliphatic carbocycles. The predicted molar refractivity (Wildman–Crippen MR) is 66.3 cm³/mol. The van der Waals surface area contributed by atoms with E-state index in [0.717, 1.165) is 5.56 Å². The second-order valence-corrected chi connectivity index (χ2v) is 4.46. The van der Waals surface area contributed by atoms with Gasteiger partial charge in [-0.1, -0.05) is 17.7 Å². The Morgan fingerprint density at radius 3 is 3.00 bits per heavy atom. The standard InChI is InChI=1S/C12H15ClN2O2/c1-17-11-3-2-8(4-10(11)13)6-14-9-5-12(16)15-7-9/h2-4,9,14H,5-7H2,1H3,(H,15,16). The summed E-state index contributed by atoms with van der Waals surface area (Å²) < 4.78 is 5.08. The van der Waals surface area contributed by atoms with Crippen molar-refractivity contribution >= 4 is 17.5 Å². The lowest BCUT2D eigenvalue weighted by Crippen LogP contribution is -2.30. The molecule has 0 aromatic heterocycles. The van der Waals surface area contributed by atoms with E-state index in [0.29, 0.717) is 30.3 Å². The molecule has 2 rings (SSSR count). The topological polar surface area (TPSA) is 50.4 Å². The first kappa shape index (κ1) is 12.2. The number of ether oxygens (including phenoxy) is 1. The van der Waals surface area contributed by atoms with Crippen molar-refractivity contribution in [2.45, 2.75) is 19.0 Å². The maximum absolute atomic E-state index is 11.0. The molecule has 17 heavy (non-hydrogen) atoms. The zero-order valence-electron chi connectivity index (χ0n) is 9.63. The van der Waals surface area contributed by atoms with E-state index in [4.69, 9.17) is 16.3 Å². The Morgan fingerprint density at radius 2 is 2.41 bits per heavy atom. The van der Waals surface area contributed by atoms with Crippen LogP contribution in [0.1, 0.15) is 12.0 Å². The Hall–Kier alpha value is -1.26. The van der Waals surface area contributed by atoms with E-state index in [2.05, 4.69) is 10.6 Å². The van der Waals surface area contributed by atoms with E-state index < -0.39 is 0 Å². The highest BCUT2D eigenvalue weighted by Crippen LogP contribution is 2.24. The van der Waals surface area contributed by atoms with Gasteiger partial charge in [-0.2, -0.15) is 0 Å². The SMILES string of the molecule is COc1ccc(CNC2CNC(=O)C2)cc1Cl. The molecule has 0 radical (unpaired) electrons. The Bertz CT molecular complexity index is 423. The summed E-state index contributed by atoms with van der Waals surface area (Å²) in [6.07, 6.45) is 0.546. The fourth-order valence-corrected chi connectivity index (χ4v) is 2.11. The zero-order valence-corrected chi connectivity index (χ0v) is 10.4. The number of carbonyl (C=O) groups excluding carboxylic acids is 1. The third kappa shape index (κ3) is 3.11. The molecular formula is C12H15ClN2O2. The van der Waals surface area contributed by atoms with Gasteiger partial charge in [0.1, 0.15) is 5.75 Å². The third-order valence-electron chi connectivity index (χ3n) is 2.79. The molecule has 1 aromatic rings. The van der Waals surface area contributed by atoms with E-state index in [1.165, 1.54) is 0 Å². The van der Waals surface area contributed by atoms with Gasteiger partial charge in [0.2, 0.25) is 5.91 Å². The fourth-order valence-electron chi connectivity index (χ4n) is 1.83. The lowest BCUT2D eigenvalue weighted by Gasteiger charge is -2.11. The Labute approximate surface area is 105 Å². The van der Waals surface area contributed by atoms with E-state index in [1.54, 1.807) is 7.11 Å². The number of amides is 1. The van der Waals surface area contributed by atoms with Crippen LogP contribution in [0.5, 0.6) is 5.75 Å². The second-order valence-electron chi connectivity index (χ2n) is 4.05. The summed E-state index contributed by atoms with van der Waals surface area (Å²) in [7, 11) is 1.59. The van der Waals surface area contributed by atoms with Gasteiger partial charge in [0.05, 0.1) is 12.1 Å². The summed E-state index contributed by atoms with van der Waals surface area (Å²) in [5.74, 6) is 0.781. The van der Waals surface area contributed by atoms with Gasteiger partial charge in [-0.3, -0.25) is 4.79 Å². The Balaban J connectivity index is 1.91. The number of benzene rings is 1. The largest absolute Gasteiger partial charge is 0.495 e. The van der Waals surface area contributed by atoms with Crippen LogP contribution in [0.3, 0.4) is 0 Å². The van der Waals surface area contributed by atoms with Crippen LogP contribution in [-0.2, 0) is 11.3 Å². The summed E-state index contributed by atoms with van der Waals surface area (Å²) in [5, 5.41) is 6.70. The third-order valence-corrected chi connectivity index (χ3v) is 3.08. The number of rotatable bonds is 4. The van der Waals surface area contributed by atoms with Crippen molar-refractivity contribution in [1.82, 2.24) is 10.6 Å². The molecule has 5 heteroatoms. The maximum Gasteiger partial charge on any atom is 0.221 e. The number of halogens is 1. The lowest BCUT2D eigenvalue weighted by atomic mass is 10.2. The van der Waals surface area contributed by atoms with Crippen LogP contribution in [-0.4, -0.2) is 25.6 Å². The molecule has 1 heterocycles. The molecule has 92 valence electrons. The zero-order chi connectivity index (χ0) is 12.3. The van der Waals surface area contributed by atoms with Crippen molar-refractivity contribution in [3.63, 3.8) is 0 Å². The van der Waals surface area contributed by atoms with Gasteiger partial charge < -0.3 is 15.4 Å². The molecule has 1 aliphatic rings. The molecule has 0 spiro atoms. The smallest absolute Gasteiger partial charge is 0.221 e. The summed E-state index contributed by atoms with van der Waals surface area (Å²) in [4.78, 5) is 11.0. The number of methoxy groups -OCH3 is 1. The van der Waals surface area contributed by atoms with Crippen molar-refractivity contribution in [2.24, 2.45) is 0 Å². The van der Waals surface area contributed by atoms with Crippen LogP contribution in [0, 0.1) is 0 Å². The molecule has 0 bridgehead atoms. The normalized spacial score (nSPS) is 19.2. The van der Waals surface area contributed by atoms with Gasteiger partial charge in [-0.25, -0.2) is 0 Å². The number of hydrogen-bond donors (Lipinski definition) is 2. The summed E-state index contributed by atoms with van der Waals surface area (Å²) in [5.41, 5.74) is 1.08. The highest BCUT2D eigenvalue weighted by atomic mass is 35.5. The van der Waals surface area contributed by atoms with Crippen LogP contribution < -0.4 is 15.4 Å². The highest BCUT2D eigenvalue weighted by molar-refractivity contribution is 6.32. The summed E-state index contributed by atoms with van der Waals surface area (Å²) >= 11 is 6.03. The lowest BCUT2D eigenvalue weighted by molar-refractivity contribution is -0.119. The van der Waals surface area contributed by atoms with Gasteiger partial charge in [0.15, 0.2) is 0 Å². The number of hydrogen-bond acceptors (Lipinski definition) is 3. The first-order valence-corrected chi connectivity index (χ1v) is 5.89. The van der Waals surface area contributed by atoms with Crippen LogP contribution in [0.4, 0.5) is 0 Å². The Kier molecular flexibility index (Phi) is 3.86. The van der Waals surface area contributed by atoms with Crippen molar-refractivity contribution in [3.8, 4) is 5.75 Å². The van der Waals surface area contributed by atoms with Gasteiger partial charge in [-0.05, 0) is 17.7 Å². The minimum atomic E-state index is 0.107. The molecule has 1 atom stereocenters. The fraction of sp³-hybridized carbons (Fsp3) is 0.417. The van der Waals surface area contributed by atoms with E-state index >= 15 is 0 Å². The van der Waals surface area contributed by atoms with E-state index in [-0.39, 0.29) is 11.9 Å². The van der Waals surface area contributed by atoms with Crippen molar-refractivity contribution < 1.29 is 9.53 Å². The van der Waals surface area contributed by atoms with Crippen molar-refractivity contribution in [3.05, 3.63) is 28.8 Å². The van der Waals surface area contributed by atoms with Crippen molar-refractivity contribution in [1.29, 1.82) is 0 Å². The first-order chi connectivity index (χ1) is 8.19. The van der Waals surface area contributed by atoms with Crippen molar-refractivity contribution in [2.75, 3.05) is 13.7 Å². The molecule has 1 aromatic carbocycles. The van der Waals surface area contributed by atoms with Crippen LogP contribution in [0.15, 0.2) is 18.2 Å². The highest BCUT2D eigenvalue weighted by Gasteiger charge is 2.20. The first-order valence-electron chi connectivity index (χ1n) is 5.51. The van der Waals surface area contributed by atoms with Gasteiger partial charge in [0, 0.05) is 25.6 Å². The molecule has 1 fully saturated rings. The average molecular weight is 255 g/mol. The van der Waals surface area contributed by atoms with Crippen LogP contribution in [0.25, 0.3) is 0 Å². The van der Waals surface area contributed by atoms with Gasteiger partial charge in [-0.15, -0.1) is 0 Å². The number of nitrogens with one attached hydrogen (secondary N) is 2. The minimum Gasteiger partial charge on any atom is -0.495 e. The van der Waals surface area contributed by atoms with E-state index in [1.807, 2.05) is 18.2 Å². The number of carbonyl (C=O) groups is 1. The minimum absolute atomic E-state index is 0.107. The maximum atomic E-state index is 11.0. The Morgan fingerprint density at radius 1 is 1.59 bits per heavy atom. The molecule has 1 saturated heterocycles. The second kappa shape index (κ2) is 5.38. The summed E-state index contributed by atoms with van der Waals surface area (Å²) in [6, 6.07) is 5.89. The van der Waals surface area contributed by atoms with E-state index in [9.17, 15) is 4.79 Å². The molecule has 0 saturated carbocycles. The quantitative estimate of drug-likeness (QED) is 0.852. The molecule has 1 amide bonds. The summed E-state index contributed by atoms with van der Waals surface area (Å²) in [6.45, 7) is 1.39. The average Bonchev–Trinajstić information content (AvgIpc) is 2.73. The van der Waals surface area contributed by atoms with Crippen LogP contribution >= 0.6 is 11.6 Å². The monoisotopic (exact) mass is 254 g/mol. The molecule has 1 aliphatic heterocycles. The molecular weight excluding hydrogens is 240 g/mol. The predicted octanol–water partition coefficient (Wildman–Crippen LogP) is 1.33. The molecule has 2 N–H and O–H groups in total. The molecule has 1 unspecified atom stereocenters. The molecule has 4 nitrogen and oxygen atoms in total. The van der Waals surface area contributed by atoms with Crippen LogP contribution in [0.2, 0.25) is 5.02 Å². The van der Waals surface area contributed by atoms with Gasteiger partial charge in [0.25, 0.3) is 0 Å². The van der Waals surface area contributed by atoms with Gasteiger partial charge >= 0.3 is 0 Å².